The number of aryl methyl sites for hydroxylation is 1. The van der Waals surface area contributed by atoms with E-state index >= 15 is 0 Å². The molecule has 4 aromatic rings. The molecule has 0 bridgehead atoms. The van der Waals surface area contributed by atoms with Crippen molar-refractivity contribution in [1.82, 2.24) is 14.9 Å². The molecule has 1 aliphatic carbocycles. The number of carbonyl (C=O) groups is 3. The molecular formula is C41H44N3O5P. The van der Waals surface area contributed by atoms with Crippen LogP contribution in [0.4, 0.5) is 0 Å². The smallest absolute Gasteiger partial charge is 0.329 e. The summed E-state index contributed by atoms with van der Waals surface area (Å²) in [7, 11) is -3.10. The molecule has 0 spiro atoms. The number of ether oxygens (including phenoxy) is 1. The Labute approximate surface area is 294 Å². The zero-order valence-electron chi connectivity index (χ0n) is 28.5. The number of carbonyl (C=O) groups excluding carboxylic acids is 3. The molecule has 3 aliphatic rings. The summed E-state index contributed by atoms with van der Waals surface area (Å²) in [6.07, 6.45) is 4.12. The predicted octanol–water partition coefficient (Wildman–Crippen LogP) is 6.15. The highest BCUT2D eigenvalue weighted by atomic mass is 31.2. The topological polar surface area (TPSA) is 106 Å². The van der Waals surface area contributed by atoms with E-state index in [1.54, 1.807) is 16.7 Å². The van der Waals surface area contributed by atoms with Gasteiger partial charge >= 0.3 is 5.97 Å². The van der Waals surface area contributed by atoms with Gasteiger partial charge in [0.25, 0.3) is 5.91 Å². The summed E-state index contributed by atoms with van der Waals surface area (Å²) in [4.78, 5) is 45.0. The van der Waals surface area contributed by atoms with Gasteiger partial charge < -0.3 is 19.1 Å². The molecule has 2 fully saturated rings. The molecule has 1 N–H and O–H groups in total. The van der Waals surface area contributed by atoms with Crippen molar-refractivity contribution in [2.75, 3.05) is 19.3 Å². The van der Waals surface area contributed by atoms with E-state index in [1.807, 2.05) is 72.8 Å². The van der Waals surface area contributed by atoms with Crippen LogP contribution in [0.25, 0.3) is 0 Å². The number of fused-ring (bicyclic) bond motifs is 1. The number of rotatable bonds is 12. The Balaban J connectivity index is 1.06. The third-order valence-corrected chi connectivity index (χ3v) is 13.8. The van der Waals surface area contributed by atoms with Crippen LogP contribution in [0.1, 0.15) is 53.1 Å². The average molecular weight is 690 g/mol. The Morgan fingerprint density at radius 3 is 2.12 bits per heavy atom. The number of benzene rings is 4. The van der Waals surface area contributed by atoms with Crippen molar-refractivity contribution < 1.29 is 23.7 Å². The lowest BCUT2D eigenvalue weighted by atomic mass is 9.98. The van der Waals surface area contributed by atoms with Gasteiger partial charge in [0.15, 0.2) is 12.6 Å². The summed E-state index contributed by atoms with van der Waals surface area (Å²) < 4.78 is 20.0. The molecule has 2 amide bonds. The first-order valence-electron chi connectivity index (χ1n) is 17.6. The molecule has 0 saturated carbocycles. The molecule has 2 heterocycles. The van der Waals surface area contributed by atoms with Crippen LogP contribution in [0.5, 0.6) is 0 Å². The van der Waals surface area contributed by atoms with Gasteiger partial charge in [0, 0.05) is 18.7 Å². The molecule has 8 nitrogen and oxygen atoms in total. The SMILES string of the molecule is C[C@@]1(C(=O)N(CC(=O)N2CCC[C@H]2C(=O)OCc2ccccc2)C2Cc3ccccc3C2)NP1(=O)CCc1ccccc1Cc1ccccc1. The Bertz CT molecular complexity index is 1890. The molecular weight excluding hydrogens is 645 g/mol. The van der Waals surface area contributed by atoms with Gasteiger partial charge in [-0.3, -0.25) is 9.59 Å². The molecule has 50 heavy (non-hydrogen) atoms. The number of nitrogens with zero attached hydrogens (tertiary/aromatic N) is 2. The van der Waals surface area contributed by atoms with E-state index in [0.29, 0.717) is 44.8 Å². The molecule has 0 aromatic heterocycles. The van der Waals surface area contributed by atoms with Gasteiger partial charge in [-0.25, -0.2) is 9.88 Å². The summed E-state index contributed by atoms with van der Waals surface area (Å²) in [5.41, 5.74) is 6.69. The van der Waals surface area contributed by atoms with Gasteiger partial charge in [-0.05, 0) is 78.8 Å². The number of esters is 1. The van der Waals surface area contributed by atoms with Gasteiger partial charge in [0.05, 0.1) is 0 Å². The van der Waals surface area contributed by atoms with Gasteiger partial charge in [-0.1, -0.05) is 109 Å². The summed E-state index contributed by atoms with van der Waals surface area (Å²) in [5.74, 6) is -1.03. The fourth-order valence-corrected chi connectivity index (χ4v) is 10.3. The molecule has 258 valence electrons. The van der Waals surface area contributed by atoms with Crippen molar-refractivity contribution in [2.24, 2.45) is 0 Å². The number of hydrogen-bond donors (Lipinski definition) is 1. The summed E-state index contributed by atoms with van der Waals surface area (Å²) >= 11 is 0. The van der Waals surface area contributed by atoms with E-state index in [2.05, 4.69) is 41.5 Å². The number of amides is 2. The van der Waals surface area contributed by atoms with Crippen LogP contribution in [-0.4, -0.2) is 64.2 Å². The summed E-state index contributed by atoms with van der Waals surface area (Å²) in [6, 6.07) is 35.1. The van der Waals surface area contributed by atoms with Gasteiger partial charge in [0.2, 0.25) is 5.91 Å². The van der Waals surface area contributed by atoms with E-state index in [1.165, 1.54) is 11.1 Å². The molecule has 9 heteroatoms. The largest absolute Gasteiger partial charge is 0.459 e. The van der Waals surface area contributed by atoms with Crippen molar-refractivity contribution in [2.45, 2.75) is 69.4 Å². The molecule has 2 aliphatic heterocycles. The zero-order valence-corrected chi connectivity index (χ0v) is 29.4. The molecule has 7 rings (SSSR count). The molecule has 3 atom stereocenters. The lowest BCUT2D eigenvalue weighted by Crippen LogP contribution is -2.53. The van der Waals surface area contributed by atoms with Crippen LogP contribution in [0.3, 0.4) is 0 Å². The van der Waals surface area contributed by atoms with Gasteiger partial charge in [-0.2, -0.15) is 0 Å². The zero-order chi connectivity index (χ0) is 34.7. The van der Waals surface area contributed by atoms with Crippen LogP contribution >= 0.6 is 7.29 Å². The normalized spacial score (nSPS) is 22.6. The average Bonchev–Trinajstić information content (AvgIpc) is 3.51. The second-order valence-corrected chi connectivity index (χ2v) is 17.0. The van der Waals surface area contributed by atoms with Gasteiger partial charge in [-0.15, -0.1) is 0 Å². The fraction of sp³-hybridized carbons (Fsp3) is 0.341. The maximum absolute atomic E-state index is 14.6. The third kappa shape index (κ3) is 7.05. The maximum atomic E-state index is 14.6. The summed E-state index contributed by atoms with van der Waals surface area (Å²) in [5, 5.41) is 1.90. The van der Waals surface area contributed by atoms with Crippen LogP contribution in [-0.2, 0) is 56.0 Å². The first-order valence-corrected chi connectivity index (χ1v) is 19.5. The van der Waals surface area contributed by atoms with E-state index < -0.39 is 24.6 Å². The highest BCUT2D eigenvalue weighted by Crippen LogP contribution is 2.69. The summed E-state index contributed by atoms with van der Waals surface area (Å²) in [6.45, 7) is 2.11. The Kier molecular flexibility index (Phi) is 9.76. The first-order chi connectivity index (χ1) is 24.2. The van der Waals surface area contributed by atoms with Crippen LogP contribution in [0.15, 0.2) is 109 Å². The first kappa shape index (κ1) is 34.0. The molecule has 1 unspecified atom stereocenters. The second-order valence-electron chi connectivity index (χ2n) is 13.9. The number of hydrogen-bond acceptors (Lipinski definition) is 5. The van der Waals surface area contributed by atoms with E-state index in [9.17, 15) is 18.9 Å². The highest BCUT2D eigenvalue weighted by Gasteiger charge is 2.67. The Hall–Kier alpha value is -4.52. The fourth-order valence-electron chi connectivity index (χ4n) is 7.65. The minimum Gasteiger partial charge on any atom is -0.459 e. The highest BCUT2D eigenvalue weighted by molar-refractivity contribution is 7.71. The van der Waals surface area contributed by atoms with Crippen LogP contribution in [0.2, 0.25) is 0 Å². The Morgan fingerprint density at radius 1 is 0.840 bits per heavy atom. The lowest BCUT2D eigenvalue weighted by molar-refractivity contribution is -0.155. The van der Waals surface area contributed by atoms with E-state index in [4.69, 9.17) is 4.74 Å². The van der Waals surface area contributed by atoms with Crippen molar-refractivity contribution in [3.05, 3.63) is 143 Å². The van der Waals surface area contributed by atoms with E-state index in [0.717, 1.165) is 28.7 Å². The van der Waals surface area contributed by atoms with Crippen molar-refractivity contribution in [1.29, 1.82) is 0 Å². The number of likely N-dealkylation sites (tertiary alicyclic amines) is 1. The molecule has 0 radical (unpaired) electrons. The van der Waals surface area contributed by atoms with Crippen molar-refractivity contribution in [3.8, 4) is 0 Å². The Morgan fingerprint density at radius 2 is 1.44 bits per heavy atom. The van der Waals surface area contributed by atoms with Gasteiger partial charge in [0.1, 0.15) is 19.2 Å². The second kappa shape index (κ2) is 14.4. The minimum atomic E-state index is -3.10. The van der Waals surface area contributed by atoms with Crippen molar-refractivity contribution >= 4 is 25.1 Å². The quantitative estimate of drug-likeness (QED) is 0.109. The monoisotopic (exact) mass is 689 g/mol. The van der Waals surface area contributed by atoms with Crippen LogP contribution < -0.4 is 5.09 Å². The molecule has 2 saturated heterocycles. The number of nitrogens with one attached hydrogen (secondary N) is 1. The maximum Gasteiger partial charge on any atom is 0.329 e. The van der Waals surface area contributed by atoms with Crippen LogP contribution in [0, 0.1) is 0 Å². The van der Waals surface area contributed by atoms with E-state index in [-0.39, 0.29) is 31.0 Å². The minimum absolute atomic E-state index is 0.138. The third-order valence-electron chi connectivity index (χ3n) is 10.6. The standard InChI is InChI=1S/C41H44N3O5P/c1-41(42-50(41,48)24-22-32-17-8-9-18-33(32)25-30-13-4-2-5-14-30)40(47)44(36-26-34-19-10-11-20-35(34)27-36)28-38(45)43-23-12-21-37(43)39(46)49-29-31-15-6-3-7-16-31/h2-11,13-20,36-37H,12,21-29H2,1H3,(H,42,48)/t37-,41+,50?/m0/s1. The lowest BCUT2D eigenvalue weighted by Gasteiger charge is -2.33. The predicted molar refractivity (Wildman–Crippen MR) is 194 cm³/mol. The van der Waals surface area contributed by atoms with Crippen molar-refractivity contribution in [3.63, 3.8) is 0 Å². The molecule has 4 aromatic carbocycles.